The monoisotopic (exact) mass is 435 g/mol. The average molecular weight is 435 g/mol. The van der Waals surface area contributed by atoms with Gasteiger partial charge < -0.3 is 25.3 Å². The van der Waals surface area contributed by atoms with Gasteiger partial charge in [-0.2, -0.15) is 10.4 Å². The second kappa shape index (κ2) is 10.2. The quantitative estimate of drug-likeness (QED) is 0.495. The zero-order chi connectivity index (χ0) is 23.1. The minimum atomic E-state index is -0.279. The maximum absolute atomic E-state index is 12.6. The van der Waals surface area contributed by atoms with Gasteiger partial charge in [0.2, 0.25) is 5.75 Å². The number of hydrogen-bond donors (Lipinski definition) is 2. The van der Waals surface area contributed by atoms with E-state index in [4.69, 9.17) is 19.9 Å². The second-order valence-electron chi connectivity index (χ2n) is 6.84. The molecule has 9 nitrogen and oxygen atoms in total. The van der Waals surface area contributed by atoms with Crippen molar-refractivity contribution in [3.8, 4) is 29.0 Å². The summed E-state index contributed by atoms with van der Waals surface area (Å²) in [6, 6.07) is 14.7. The molecule has 0 radical (unpaired) electrons. The van der Waals surface area contributed by atoms with E-state index in [0.29, 0.717) is 59.3 Å². The molecule has 0 saturated carbocycles. The molecule has 32 heavy (non-hydrogen) atoms. The smallest absolute Gasteiger partial charge is 0.251 e. The Morgan fingerprint density at radius 1 is 1.12 bits per heavy atom. The highest BCUT2D eigenvalue weighted by Crippen LogP contribution is 2.38. The lowest BCUT2D eigenvalue weighted by atomic mass is 10.1. The molecule has 2 aromatic carbocycles. The van der Waals surface area contributed by atoms with Crippen LogP contribution in [0.5, 0.6) is 17.2 Å². The first-order chi connectivity index (χ1) is 15.5. The first-order valence-electron chi connectivity index (χ1n) is 9.95. The van der Waals surface area contributed by atoms with Crippen molar-refractivity contribution in [1.29, 1.82) is 5.26 Å². The van der Waals surface area contributed by atoms with E-state index >= 15 is 0 Å². The van der Waals surface area contributed by atoms with Crippen LogP contribution in [0.2, 0.25) is 0 Å². The number of carbonyl (C=O) groups excluding carboxylic acids is 1. The number of ether oxygens (including phenoxy) is 3. The molecule has 3 aromatic rings. The van der Waals surface area contributed by atoms with Crippen LogP contribution < -0.4 is 25.3 Å². The topological polar surface area (TPSA) is 124 Å². The SMILES string of the molecule is COc1cc(C(=O)NCCCc2nn(-c3ccccc3)c(N)c2C#N)cc(OC)c1OC. The highest BCUT2D eigenvalue weighted by atomic mass is 16.5. The van der Waals surface area contributed by atoms with Crippen LogP contribution in [0.1, 0.15) is 28.0 Å². The average Bonchev–Trinajstić information content (AvgIpc) is 3.16. The molecule has 3 N–H and O–H groups in total. The molecular formula is C23H25N5O4. The summed E-state index contributed by atoms with van der Waals surface area (Å²) in [7, 11) is 4.49. The number of aryl methyl sites for hydroxylation is 1. The molecule has 0 atom stereocenters. The van der Waals surface area contributed by atoms with Gasteiger partial charge in [-0.15, -0.1) is 0 Å². The van der Waals surface area contributed by atoms with Gasteiger partial charge in [0, 0.05) is 12.1 Å². The van der Waals surface area contributed by atoms with Crippen molar-refractivity contribution in [3.05, 3.63) is 59.3 Å². The Bertz CT molecular complexity index is 1110. The van der Waals surface area contributed by atoms with Crippen molar-refractivity contribution in [2.75, 3.05) is 33.6 Å². The number of hydrogen-bond acceptors (Lipinski definition) is 7. The van der Waals surface area contributed by atoms with Gasteiger partial charge in [0.15, 0.2) is 11.5 Å². The molecule has 0 aliphatic carbocycles. The fourth-order valence-corrected chi connectivity index (χ4v) is 3.31. The number of methoxy groups -OCH3 is 3. The molecule has 1 aromatic heterocycles. The number of rotatable bonds is 9. The lowest BCUT2D eigenvalue weighted by Gasteiger charge is -2.14. The van der Waals surface area contributed by atoms with Crippen LogP contribution in [-0.4, -0.2) is 43.6 Å². The van der Waals surface area contributed by atoms with Gasteiger partial charge in [0.1, 0.15) is 17.5 Å². The molecule has 3 rings (SSSR count). The minimum Gasteiger partial charge on any atom is -0.493 e. The Hall–Kier alpha value is -4.19. The molecule has 0 aliphatic rings. The number of nitrogen functional groups attached to an aromatic ring is 1. The number of para-hydroxylation sites is 1. The lowest BCUT2D eigenvalue weighted by molar-refractivity contribution is 0.0952. The van der Waals surface area contributed by atoms with Crippen LogP contribution in [0.4, 0.5) is 5.82 Å². The Balaban J connectivity index is 1.66. The van der Waals surface area contributed by atoms with Crippen LogP contribution >= 0.6 is 0 Å². The third kappa shape index (κ3) is 4.59. The first-order valence-corrected chi connectivity index (χ1v) is 9.95. The highest BCUT2D eigenvalue weighted by molar-refractivity contribution is 5.95. The summed E-state index contributed by atoms with van der Waals surface area (Å²) in [5.41, 5.74) is 8.24. The molecule has 0 spiro atoms. The zero-order valence-corrected chi connectivity index (χ0v) is 18.2. The molecule has 0 unspecified atom stereocenters. The molecule has 0 aliphatic heterocycles. The van der Waals surface area contributed by atoms with Gasteiger partial charge in [-0.3, -0.25) is 4.79 Å². The van der Waals surface area contributed by atoms with E-state index in [0.717, 1.165) is 5.69 Å². The molecule has 0 fully saturated rings. The summed E-state index contributed by atoms with van der Waals surface area (Å²) in [6.07, 6.45) is 1.07. The molecule has 0 bridgehead atoms. The predicted molar refractivity (Wildman–Crippen MR) is 119 cm³/mol. The molecule has 1 heterocycles. The molecule has 166 valence electrons. The summed E-state index contributed by atoms with van der Waals surface area (Å²) >= 11 is 0. The van der Waals surface area contributed by atoms with Crippen LogP contribution in [0, 0.1) is 11.3 Å². The number of nitrogens with two attached hydrogens (primary N) is 1. The van der Waals surface area contributed by atoms with Gasteiger partial charge in [-0.25, -0.2) is 4.68 Å². The summed E-state index contributed by atoms with van der Waals surface area (Å²) < 4.78 is 17.4. The summed E-state index contributed by atoms with van der Waals surface area (Å²) in [5, 5.41) is 16.9. The van der Waals surface area contributed by atoms with E-state index in [1.165, 1.54) is 21.3 Å². The number of nitrogens with one attached hydrogen (secondary N) is 1. The number of amides is 1. The third-order valence-corrected chi connectivity index (χ3v) is 4.91. The minimum absolute atomic E-state index is 0.279. The van der Waals surface area contributed by atoms with Gasteiger partial charge in [0.05, 0.1) is 32.7 Å². The van der Waals surface area contributed by atoms with Crippen molar-refractivity contribution >= 4 is 11.7 Å². The predicted octanol–water partition coefficient (Wildman–Crippen LogP) is 2.71. The molecule has 1 amide bonds. The van der Waals surface area contributed by atoms with E-state index in [1.54, 1.807) is 16.8 Å². The standard InChI is InChI=1S/C23H25N5O4/c1-30-19-12-15(13-20(31-2)21(19)32-3)23(29)26-11-7-10-18-17(14-24)22(25)28(27-18)16-8-5-4-6-9-16/h4-6,8-9,12-13H,7,10-11,25H2,1-3H3,(H,26,29). The summed E-state index contributed by atoms with van der Waals surface area (Å²) in [5.74, 6) is 1.24. The van der Waals surface area contributed by atoms with Gasteiger partial charge >= 0.3 is 0 Å². The van der Waals surface area contributed by atoms with Crippen molar-refractivity contribution in [2.45, 2.75) is 12.8 Å². The normalized spacial score (nSPS) is 10.3. The lowest BCUT2D eigenvalue weighted by Crippen LogP contribution is -2.25. The number of nitrogens with zero attached hydrogens (tertiary/aromatic N) is 3. The van der Waals surface area contributed by atoms with Crippen LogP contribution in [0.15, 0.2) is 42.5 Å². The second-order valence-corrected chi connectivity index (χ2v) is 6.84. The van der Waals surface area contributed by atoms with Gasteiger partial charge in [-0.1, -0.05) is 18.2 Å². The van der Waals surface area contributed by atoms with E-state index in [2.05, 4.69) is 16.5 Å². The molecule has 0 saturated heterocycles. The number of carbonyl (C=O) groups is 1. The Morgan fingerprint density at radius 3 is 2.34 bits per heavy atom. The number of anilines is 1. The van der Waals surface area contributed by atoms with Crippen molar-refractivity contribution < 1.29 is 19.0 Å². The maximum Gasteiger partial charge on any atom is 0.251 e. The largest absolute Gasteiger partial charge is 0.493 e. The third-order valence-electron chi connectivity index (χ3n) is 4.91. The van der Waals surface area contributed by atoms with Crippen LogP contribution in [0.25, 0.3) is 5.69 Å². The Kier molecular flexibility index (Phi) is 7.18. The van der Waals surface area contributed by atoms with E-state index < -0.39 is 0 Å². The zero-order valence-electron chi connectivity index (χ0n) is 18.2. The highest BCUT2D eigenvalue weighted by Gasteiger charge is 2.18. The fraction of sp³-hybridized carbons (Fsp3) is 0.261. The summed E-state index contributed by atoms with van der Waals surface area (Å²) in [6.45, 7) is 0.387. The van der Waals surface area contributed by atoms with Crippen LogP contribution in [0.3, 0.4) is 0 Å². The maximum atomic E-state index is 12.6. The van der Waals surface area contributed by atoms with Crippen molar-refractivity contribution in [3.63, 3.8) is 0 Å². The van der Waals surface area contributed by atoms with Crippen molar-refractivity contribution in [1.82, 2.24) is 15.1 Å². The molecular weight excluding hydrogens is 410 g/mol. The van der Waals surface area contributed by atoms with Crippen LogP contribution in [-0.2, 0) is 6.42 Å². The summed E-state index contributed by atoms with van der Waals surface area (Å²) in [4.78, 5) is 12.6. The number of benzene rings is 2. The fourth-order valence-electron chi connectivity index (χ4n) is 3.31. The molecule has 9 heteroatoms. The van der Waals surface area contributed by atoms with E-state index in [-0.39, 0.29) is 5.91 Å². The first kappa shape index (κ1) is 22.5. The van der Waals surface area contributed by atoms with Crippen molar-refractivity contribution in [2.24, 2.45) is 0 Å². The Morgan fingerprint density at radius 2 is 1.78 bits per heavy atom. The number of nitriles is 1. The van der Waals surface area contributed by atoms with E-state index in [1.807, 2.05) is 30.3 Å². The number of aromatic nitrogens is 2. The van der Waals surface area contributed by atoms with Gasteiger partial charge in [-0.05, 0) is 37.1 Å². The van der Waals surface area contributed by atoms with E-state index in [9.17, 15) is 10.1 Å². The van der Waals surface area contributed by atoms with Gasteiger partial charge in [0.25, 0.3) is 5.91 Å². The Labute approximate surface area is 186 Å².